The first-order valence-electron chi connectivity index (χ1n) is 10.4. The van der Waals surface area contributed by atoms with Gasteiger partial charge in [-0.05, 0) is 38.0 Å². The smallest absolute Gasteiger partial charge is 0.189 e. The summed E-state index contributed by atoms with van der Waals surface area (Å²) >= 11 is 3.31. The molecule has 4 rings (SSSR count). The predicted octanol–water partition coefficient (Wildman–Crippen LogP) is 6.15. The molecule has 5 nitrogen and oxygen atoms in total. The summed E-state index contributed by atoms with van der Waals surface area (Å²) in [6, 6.07) is 0. The molecule has 0 spiro atoms. The Kier molecular flexibility index (Phi) is 5.75. The fraction of sp³-hybridized carbons (Fsp3) is 0.591. The standard InChI is InChI=1S/C22H30N4OS2/c1-7-8-9-23-19-18-17(25-21(26-19)28-6)15-13-10-22(4,5)27-11-14(13)16(12(2)3)24-20(15)29-18/h12H,7-11H2,1-6H3,(H,23,25,26). The minimum Gasteiger partial charge on any atom is -0.370 e. The lowest BCUT2D eigenvalue weighted by Crippen LogP contribution is -2.32. The largest absolute Gasteiger partial charge is 0.370 e. The highest BCUT2D eigenvalue weighted by Crippen LogP contribution is 2.43. The van der Waals surface area contributed by atoms with Crippen molar-refractivity contribution < 1.29 is 4.74 Å². The highest BCUT2D eigenvalue weighted by molar-refractivity contribution is 7.98. The number of hydrogen-bond acceptors (Lipinski definition) is 7. The van der Waals surface area contributed by atoms with Crippen LogP contribution in [0.25, 0.3) is 20.4 Å². The average Bonchev–Trinajstić information content (AvgIpc) is 3.05. The van der Waals surface area contributed by atoms with Crippen LogP contribution in [-0.4, -0.2) is 33.4 Å². The van der Waals surface area contributed by atoms with Crippen LogP contribution in [0.2, 0.25) is 0 Å². The summed E-state index contributed by atoms with van der Waals surface area (Å²) in [5.41, 5.74) is 4.65. The van der Waals surface area contributed by atoms with Crippen LogP contribution in [0, 0.1) is 0 Å². The first-order valence-corrected chi connectivity index (χ1v) is 12.5. The molecule has 1 N–H and O–H groups in total. The van der Waals surface area contributed by atoms with Gasteiger partial charge in [-0.1, -0.05) is 39.0 Å². The second-order valence-electron chi connectivity index (χ2n) is 8.63. The molecule has 0 aliphatic carbocycles. The normalized spacial score (nSPS) is 16.0. The number of fused-ring (bicyclic) bond motifs is 5. The fourth-order valence-corrected chi connectivity index (χ4v) is 5.43. The fourth-order valence-electron chi connectivity index (χ4n) is 3.95. The summed E-state index contributed by atoms with van der Waals surface area (Å²) in [4.78, 5) is 15.9. The van der Waals surface area contributed by atoms with Crippen molar-refractivity contribution in [3.8, 4) is 0 Å². The number of aromatic nitrogens is 3. The average molecular weight is 431 g/mol. The Labute approximate surface area is 181 Å². The molecule has 7 heteroatoms. The highest BCUT2D eigenvalue weighted by Gasteiger charge is 2.32. The Morgan fingerprint density at radius 1 is 1.21 bits per heavy atom. The number of thiophene rings is 1. The van der Waals surface area contributed by atoms with Gasteiger partial charge in [-0.15, -0.1) is 11.3 Å². The van der Waals surface area contributed by atoms with Crippen molar-refractivity contribution in [1.82, 2.24) is 15.0 Å². The van der Waals surface area contributed by atoms with E-state index in [-0.39, 0.29) is 5.60 Å². The molecule has 0 saturated heterocycles. The van der Waals surface area contributed by atoms with E-state index < -0.39 is 0 Å². The second kappa shape index (κ2) is 8.00. The Morgan fingerprint density at radius 2 is 2.00 bits per heavy atom. The molecular formula is C22H30N4OS2. The van der Waals surface area contributed by atoms with Gasteiger partial charge in [-0.2, -0.15) is 0 Å². The Morgan fingerprint density at radius 3 is 2.69 bits per heavy atom. The lowest BCUT2D eigenvalue weighted by molar-refractivity contribution is -0.0402. The zero-order valence-electron chi connectivity index (χ0n) is 18.2. The number of unbranched alkanes of at least 4 members (excludes halogenated alkanes) is 1. The number of anilines is 1. The second-order valence-corrected chi connectivity index (χ2v) is 10.4. The molecule has 0 aromatic carbocycles. The summed E-state index contributed by atoms with van der Waals surface area (Å²) in [7, 11) is 0. The molecule has 29 heavy (non-hydrogen) atoms. The van der Waals surface area contributed by atoms with E-state index in [0.717, 1.165) is 57.5 Å². The lowest BCUT2D eigenvalue weighted by Gasteiger charge is -2.33. The van der Waals surface area contributed by atoms with Gasteiger partial charge >= 0.3 is 0 Å². The first-order chi connectivity index (χ1) is 13.8. The maximum absolute atomic E-state index is 6.17. The van der Waals surface area contributed by atoms with E-state index in [1.165, 1.54) is 16.5 Å². The number of pyridine rings is 1. The molecule has 0 atom stereocenters. The van der Waals surface area contributed by atoms with Crippen LogP contribution in [0.15, 0.2) is 5.16 Å². The Hall–Kier alpha value is -1.44. The van der Waals surface area contributed by atoms with Gasteiger partial charge in [-0.3, -0.25) is 0 Å². The minimum atomic E-state index is -0.179. The van der Waals surface area contributed by atoms with E-state index in [1.807, 2.05) is 6.26 Å². The van der Waals surface area contributed by atoms with Crippen LogP contribution in [0.3, 0.4) is 0 Å². The maximum atomic E-state index is 6.17. The van der Waals surface area contributed by atoms with E-state index >= 15 is 0 Å². The Balaban J connectivity index is 2.01. The summed E-state index contributed by atoms with van der Waals surface area (Å²) in [6.45, 7) is 12.5. The number of hydrogen-bond donors (Lipinski definition) is 1. The van der Waals surface area contributed by atoms with Crippen molar-refractivity contribution in [2.45, 2.75) is 77.2 Å². The van der Waals surface area contributed by atoms with Crippen molar-refractivity contribution >= 4 is 49.3 Å². The van der Waals surface area contributed by atoms with Gasteiger partial charge in [-0.25, -0.2) is 15.0 Å². The Bertz CT molecular complexity index is 1060. The van der Waals surface area contributed by atoms with E-state index in [4.69, 9.17) is 19.7 Å². The number of ether oxygens (including phenoxy) is 1. The first kappa shape index (κ1) is 20.8. The molecule has 3 aromatic heterocycles. The number of thioether (sulfide) groups is 1. The van der Waals surface area contributed by atoms with Crippen molar-refractivity contribution in [2.75, 3.05) is 18.1 Å². The van der Waals surface area contributed by atoms with Crippen molar-refractivity contribution in [3.63, 3.8) is 0 Å². The molecule has 0 fully saturated rings. The van der Waals surface area contributed by atoms with Gasteiger partial charge in [0, 0.05) is 23.9 Å². The van der Waals surface area contributed by atoms with Crippen LogP contribution in [0.5, 0.6) is 0 Å². The SMILES string of the molecule is CCCCNc1nc(SC)nc2c1sc1nc(C(C)C)c3c(c12)CC(C)(C)OC3. The summed E-state index contributed by atoms with van der Waals surface area (Å²) in [5, 5.41) is 5.57. The molecule has 0 unspecified atom stereocenters. The maximum Gasteiger partial charge on any atom is 0.189 e. The molecule has 0 saturated carbocycles. The molecule has 0 amide bonds. The van der Waals surface area contributed by atoms with Gasteiger partial charge in [0.2, 0.25) is 0 Å². The molecule has 156 valence electrons. The minimum absolute atomic E-state index is 0.179. The third-order valence-corrected chi connectivity index (χ3v) is 7.08. The van der Waals surface area contributed by atoms with Crippen LogP contribution in [-0.2, 0) is 17.8 Å². The molecule has 4 heterocycles. The van der Waals surface area contributed by atoms with Gasteiger partial charge < -0.3 is 10.1 Å². The van der Waals surface area contributed by atoms with E-state index in [2.05, 4.69) is 39.9 Å². The molecule has 0 bridgehead atoms. The van der Waals surface area contributed by atoms with Crippen molar-refractivity contribution in [3.05, 3.63) is 16.8 Å². The quantitative estimate of drug-likeness (QED) is 0.288. The van der Waals surface area contributed by atoms with E-state index in [9.17, 15) is 0 Å². The third kappa shape index (κ3) is 3.84. The van der Waals surface area contributed by atoms with Gasteiger partial charge in [0.05, 0.1) is 28.1 Å². The number of nitrogens with one attached hydrogen (secondary N) is 1. The van der Waals surface area contributed by atoms with Crippen molar-refractivity contribution in [2.24, 2.45) is 0 Å². The van der Waals surface area contributed by atoms with E-state index in [1.54, 1.807) is 23.1 Å². The van der Waals surface area contributed by atoms with Gasteiger partial charge in [0.1, 0.15) is 10.6 Å². The highest BCUT2D eigenvalue weighted by atomic mass is 32.2. The molecule has 1 aliphatic heterocycles. The molecule has 0 radical (unpaired) electrons. The van der Waals surface area contributed by atoms with Crippen LogP contribution in [0.1, 0.15) is 70.2 Å². The van der Waals surface area contributed by atoms with Gasteiger partial charge in [0.25, 0.3) is 0 Å². The van der Waals surface area contributed by atoms with Crippen LogP contribution in [0.4, 0.5) is 5.82 Å². The molecule has 3 aromatic rings. The number of nitrogens with zero attached hydrogens (tertiary/aromatic N) is 3. The van der Waals surface area contributed by atoms with Gasteiger partial charge in [0.15, 0.2) is 5.16 Å². The van der Waals surface area contributed by atoms with E-state index in [0.29, 0.717) is 12.5 Å². The summed E-state index contributed by atoms with van der Waals surface area (Å²) in [5.74, 6) is 1.31. The zero-order valence-corrected chi connectivity index (χ0v) is 19.8. The van der Waals surface area contributed by atoms with Crippen LogP contribution < -0.4 is 5.32 Å². The summed E-state index contributed by atoms with van der Waals surface area (Å²) < 4.78 is 7.29. The van der Waals surface area contributed by atoms with Crippen LogP contribution >= 0.6 is 23.1 Å². The topological polar surface area (TPSA) is 59.9 Å². The predicted molar refractivity (Wildman–Crippen MR) is 125 cm³/mol. The lowest BCUT2D eigenvalue weighted by atomic mass is 9.87. The monoisotopic (exact) mass is 430 g/mol. The summed E-state index contributed by atoms with van der Waals surface area (Å²) in [6.07, 6.45) is 5.20. The number of rotatable bonds is 6. The molecular weight excluding hydrogens is 400 g/mol. The van der Waals surface area contributed by atoms with Crippen molar-refractivity contribution in [1.29, 1.82) is 0 Å². The molecule has 1 aliphatic rings. The zero-order chi connectivity index (χ0) is 20.8. The third-order valence-electron chi connectivity index (χ3n) is 5.45.